The molecule has 0 spiro atoms. The van der Waals surface area contributed by atoms with E-state index in [4.69, 9.17) is 0 Å². The predicted molar refractivity (Wildman–Crippen MR) is 81.0 cm³/mol. The Balaban J connectivity index is 2.10. The summed E-state index contributed by atoms with van der Waals surface area (Å²) >= 11 is 1.55. The Morgan fingerprint density at radius 1 is 1.43 bits per heavy atom. The third kappa shape index (κ3) is 2.53. The van der Waals surface area contributed by atoms with Gasteiger partial charge in [0.05, 0.1) is 0 Å². The van der Waals surface area contributed by atoms with Crippen LogP contribution in [0.3, 0.4) is 0 Å². The van der Waals surface area contributed by atoms with Crippen LogP contribution in [0.25, 0.3) is 0 Å². The number of carboxylic acid groups (broad SMARTS) is 1. The largest absolute Gasteiger partial charge is 0.477 e. The number of aliphatic carboxylic acids is 1. The lowest BCUT2D eigenvalue weighted by Crippen LogP contribution is -2.37. The monoisotopic (exact) mass is 303 g/mol. The second-order valence-electron chi connectivity index (χ2n) is 6.34. The first-order valence-electron chi connectivity index (χ1n) is 6.89. The summed E-state index contributed by atoms with van der Waals surface area (Å²) in [5, 5.41) is 14.2. The Morgan fingerprint density at radius 2 is 2.19 bits per heavy atom. The van der Waals surface area contributed by atoms with Crippen LogP contribution < -0.4 is 5.32 Å². The highest BCUT2D eigenvalue weighted by Crippen LogP contribution is 2.44. The fraction of sp³-hybridized carbons (Fsp3) is 0.375. The number of ketones is 1. The molecule has 0 aromatic carbocycles. The normalized spacial score (nSPS) is 24.2. The van der Waals surface area contributed by atoms with Crippen molar-refractivity contribution >= 4 is 23.1 Å². The number of Topliss-reactive ketones (excluding diaryl/α,β-unsaturated/α-hetero) is 1. The average Bonchev–Trinajstić information content (AvgIpc) is 2.89. The van der Waals surface area contributed by atoms with Gasteiger partial charge in [0.25, 0.3) is 0 Å². The highest BCUT2D eigenvalue weighted by molar-refractivity contribution is 7.10. The van der Waals surface area contributed by atoms with E-state index in [0.29, 0.717) is 12.8 Å². The van der Waals surface area contributed by atoms with Crippen molar-refractivity contribution in [1.82, 2.24) is 5.32 Å². The molecule has 1 aliphatic carbocycles. The third-order valence-electron chi connectivity index (χ3n) is 3.93. The van der Waals surface area contributed by atoms with E-state index >= 15 is 0 Å². The zero-order chi connectivity index (χ0) is 15.2. The zero-order valence-electron chi connectivity index (χ0n) is 12.0. The fourth-order valence-corrected chi connectivity index (χ4v) is 3.88. The van der Waals surface area contributed by atoms with Crippen LogP contribution in [-0.4, -0.2) is 16.9 Å². The van der Waals surface area contributed by atoms with Gasteiger partial charge in [-0.15, -0.1) is 11.3 Å². The van der Waals surface area contributed by atoms with Crippen LogP contribution in [0.4, 0.5) is 0 Å². The Morgan fingerprint density at radius 3 is 2.81 bits per heavy atom. The summed E-state index contributed by atoms with van der Waals surface area (Å²) in [6.45, 7) is 4.07. The van der Waals surface area contributed by atoms with E-state index in [0.717, 1.165) is 16.1 Å². The minimum Gasteiger partial charge on any atom is -0.477 e. The van der Waals surface area contributed by atoms with E-state index in [-0.39, 0.29) is 22.8 Å². The van der Waals surface area contributed by atoms with Gasteiger partial charge in [-0.2, -0.15) is 0 Å². The number of allylic oxidation sites excluding steroid dienone is 3. The van der Waals surface area contributed by atoms with Crippen LogP contribution in [0, 0.1) is 5.41 Å². The van der Waals surface area contributed by atoms with Crippen molar-refractivity contribution in [3.63, 3.8) is 0 Å². The molecule has 4 nitrogen and oxygen atoms in total. The summed E-state index contributed by atoms with van der Waals surface area (Å²) in [4.78, 5) is 24.9. The molecule has 21 heavy (non-hydrogen) atoms. The molecule has 0 saturated heterocycles. The molecule has 0 fully saturated rings. The summed E-state index contributed by atoms with van der Waals surface area (Å²) < 4.78 is 0. The van der Waals surface area contributed by atoms with Gasteiger partial charge in [0.15, 0.2) is 5.78 Å². The first-order chi connectivity index (χ1) is 9.87. The molecule has 1 unspecified atom stereocenters. The molecule has 1 atom stereocenters. The quantitative estimate of drug-likeness (QED) is 0.881. The van der Waals surface area contributed by atoms with Crippen molar-refractivity contribution in [2.75, 3.05) is 0 Å². The van der Waals surface area contributed by atoms with Gasteiger partial charge < -0.3 is 10.4 Å². The van der Waals surface area contributed by atoms with E-state index in [2.05, 4.69) is 5.32 Å². The first-order valence-corrected chi connectivity index (χ1v) is 7.77. The van der Waals surface area contributed by atoms with Crippen molar-refractivity contribution in [2.45, 2.75) is 32.6 Å². The molecule has 0 bridgehead atoms. The maximum atomic E-state index is 12.6. The van der Waals surface area contributed by atoms with E-state index < -0.39 is 5.97 Å². The van der Waals surface area contributed by atoms with Crippen LogP contribution in [0.1, 0.15) is 37.5 Å². The molecule has 0 saturated carbocycles. The lowest BCUT2D eigenvalue weighted by molar-refractivity contribution is -0.133. The van der Waals surface area contributed by atoms with Crippen LogP contribution in [-0.2, 0) is 9.59 Å². The standard InChI is InChI=1S/C16H17NO3S/c1-16(2)7-11-14(12(18)8-16)9(13-4-3-5-21-13)6-10(17-11)15(19)20/h3-6,9,17H,7-8H2,1-2H3,(H,19,20). The number of carboxylic acids is 1. The van der Waals surface area contributed by atoms with E-state index in [9.17, 15) is 14.7 Å². The molecule has 0 amide bonds. The van der Waals surface area contributed by atoms with Crippen molar-refractivity contribution in [2.24, 2.45) is 5.41 Å². The van der Waals surface area contributed by atoms with Crippen LogP contribution >= 0.6 is 11.3 Å². The fourth-order valence-electron chi connectivity index (χ4n) is 3.08. The highest BCUT2D eigenvalue weighted by Gasteiger charge is 2.39. The molecule has 2 N–H and O–H groups in total. The van der Waals surface area contributed by atoms with Crippen LogP contribution in [0.2, 0.25) is 0 Å². The molecule has 1 aromatic heterocycles. The number of nitrogens with one attached hydrogen (secondary N) is 1. The summed E-state index contributed by atoms with van der Waals surface area (Å²) in [7, 11) is 0. The molecular formula is C16H17NO3S. The van der Waals surface area contributed by atoms with Crippen molar-refractivity contribution in [3.05, 3.63) is 45.4 Å². The number of dihydropyridines is 1. The van der Waals surface area contributed by atoms with E-state index in [1.807, 2.05) is 31.4 Å². The van der Waals surface area contributed by atoms with Gasteiger partial charge in [0.2, 0.25) is 0 Å². The predicted octanol–water partition coefficient (Wildman–Crippen LogP) is 3.05. The average molecular weight is 303 g/mol. The number of thiophene rings is 1. The lowest BCUT2D eigenvalue weighted by Gasteiger charge is -2.37. The van der Waals surface area contributed by atoms with E-state index in [1.54, 1.807) is 17.4 Å². The SMILES string of the molecule is CC1(C)CC(=O)C2=C(C1)NC(C(=O)O)=CC2c1cccs1. The molecule has 0 radical (unpaired) electrons. The van der Waals surface area contributed by atoms with Crippen molar-refractivity contribution in [1.29, 1.82) is 0 Å². The molecule has 2 aliphatic rings. The smallest absolute Gasteiger partial charge is 0.351 e. The molecule has 3 rings (SSSR count). The Labute approximate surface area is 127 Å². The second-order valence-corrected chi connectivity index (χ2v) is 7.32. The second kappa shape index (κ2) is 4.84. The van der Waals surface area contributed by atoms with E-state index in [1.165, 1.54) is 0 Å². The van der Waals surface area contributed by atoms with Gasteiger partial charge in [0.1, 0.15) is 5.70 Å². The maximum Gasteiger partial charge on any atom is 0.351 e. The molecular weight excluding hydrogens is 286 g/mol. The summed E-state index contributed by atoms with van der Waals surface area (Å²) in [6.07, 6.45) is 2.86. The van der Waals surface area contributed by atoms with Crippen molar-refractivity contribution in [3.8, 4) is 0 Å². The van der Waals surface area contributed by atoms with Crippen LogP contribution in [0.15, 0.2) is 40.6 Å². The lowest BCUT2D eigenvalue weighted by atomic mass is 9.71. The number of carbonyl (C=O) groups is 2. The number of rotatable bonds is 2. The van der Waals surface area contributed by atoms with Gasteiger partial charge in [-0.3, -0.25) is 4.79 Å². The Kier molecular flexibility index (Phi) is 3.24. The minimum atomic E-state index is -0.987. The Bertz CT molecular complexity index is 668. The highest BCUT2D eigenvalue weighted by atomic mass is 32.1. The maximum absolute atomic E-state index is 12.6. The summed E-state index contributed by atoms with van der Waals surface area (Å²) in [5.41, 5.74) is 1.54. The number of hydrogen-bond acceptors (Lipinski definition) is 4. The number of carbonyl (C=O) groups excluding carboxylic acids is 1. The van der Waals surface area contributed by atoms with Gasteiger partial charge in [-0.1, -0.05) is 19.9 Å². The van der Waals surface area contributed by atoms with Gasteiger partial charge in [-0.25, -0.2) is 4.79 Å². The molecule has 1 aliphatic heterocycles. The Hall–Kier alpha value is -1.88. The molecule has 2 heterocycles. The first kappa shape index (κ1) is 14.1. The molecule has 110 valence electrons. The van der Waals surface area contributed by atoms with Gasteiger partial charge in [-0.05, 0) is 29.4 Å². The minimum absolute atomic E-state index is 0.118. The zero-order valence-corrected chi connectivity index (χ0v) is 12.8. The summed E-state index contributed by atoms with van der Waals surface area (Å²) in [6, 6.07) is 3.88. The third-order valence-corrected chi connectivity index (χ3v) is 4.89. The van der Waals surface area contributed by atoms with Gasteiger partial charge in [0, 0.05) is 28.5 Å². The van der Waals surface area contributed by atoms with Crippen molar-refractivity contribution < 1.29 is 14.7 Å². The number of hydrogen-bond donors (Lipinski definition) is 2. The van der Waals surface area contributed by atoms with Gasteiger partial charge >= 0.3 is 5.97 Å². The summed E-state index contributed by atoms with van der Waals surface area (Å²) in [5.74, 6) is -1.11. The topological polar surface area (TPSA) is 66.4 Å². The molecule has 5 heteroatoms. The van der Waals surface area contributed by atoms with Crippen LogP contribution in [0.5, 0.6) is 0 Å². The molecule has 1 aromatic rings.